The van der Waals surface area contributed by atoms with E-state index in [-0.39, 0.29) is 0 Å². The molecule has 0 saturated carbocycles. The van der Waals surface area contributed by atoms with Gasteiger partial charge in [0.1, 0.15) is 0 Å². The summed E-state index contributed by atoms with van der Waals surface area (Å²) in [4.78, 5) is 7.96. The number of hydrogen-bond donors (Lipinski definition) is 0. The highest BCUT2D eigenvalue weighted by Crippen LogP contribution is 2.38. The van der Waals surface area contributed by atoms with Gasteiger partial charge in [-0.25, -0.2) is 4.85 Å². The molecule has 0 N–H and O–H groups in total. The Balaban J connectivity index is 1.20. The van der Waals surface area contributed by atoms with Crippen LogP contribution in [0.4, 0.5) is 5.69 Å². The molecule has 0 saturated heterocycles. The van der Waals surface area contributed by atoms with Gasteiger partial charge in [0.2, 0.25) is 5.69 Å². The second-order valence-electron chi connectivity index (χ2n) is 11.6. The molecule has 0 bridgehead atoms. The molecule has 9 rings (SSSR count). The third kappa shape index (κ3) is 4.03. The van der Waals surface area contributed by atoms with Crippen LogP contribution in [-0.4, -0.2) is 14.1 Å². The first kappa shape index (κ1) is 26.0. The predicted molar refractivity (Wildman–Crippen MR) is 190 cm³/mol. The third-order valence-corrected chi connectivity index (χ3v) is 8.99. The Morgan fingerprint density at radius 3 is 1.72 bits per heavy atom. The summed E-state index contributed by atoms with van der Waals surface area (Å²) < 4.78 is 4.71. The van der Waals surface area contributed by atoms with Crippen molar-refractivity contribution in [2.75, 3.05) is 0 Å². The molecule has 0 radical (unpaired) electrons. The normalized spacial score (nSPS) is 11.5. The Morgan fingerprint density at radius 2 is 1.00 bits per heavy atom. The number of rotatable bonds is 4. The number of pyridine rings is 1. The number of benzene rings is 6. The molecular weight excluding hydrogens is 560 g/mol. The van der Waals surface area contributed by atoms with Gasteiger partial charge in [0.05, 0.1) is 34.3 Å². The fourth-order valence-electron chi connectivity index (χ4n) is 6.84. The Kier molecular flexibility index (Phi) is 5.84. The lowest BCUT2D eigenvalue weighted by molar-refractivity contribution is 1.18. The maximum atomic E-state index is 7.21. The van der Waals surface area contributed by atoms with Crippen molar-refractivity contribution in [1.29, 1.82) is 0 Å². The highest BCUT2D eigenvalue weighted by molar-refractivity contribution is 6.12. The number of nitrogens with zero attached hydrogens (tertiary/aromatic N) is 4. The van der Waals surface area contributed by atoms with Crippen molar-refractivity contribution in [3.63, 3.8) is 0 Å². The van der Waals surface area contributed by atoms with Crippen LogP contribution in [0.3, 0.4) is 0 Å². The van der Waals surface area contributed by atoms with Crippen molar-refractivity contribution >= 4 is 49.3 Å². The molecule has 9 aromatic rings. The number of para-hydroxylation sites is 3. The van der Waals surface area contributed by atoms with Gasteiger partial charge >= 0.3 is 0 Å². The molecule has 0 amide bonds. The van der Waals surface area contributed by atoms with Gasteiger partial charge in [0, 0.05) is 44.7 Å². The smallest absolute Gasteiger partial charge is 0.205 e. The van der Waals surface area contributed by atoms with E-state index >= 15 is 0 Å². The molecule has 214 valence electrons. The maximum absolute atomic E-state index is 7.21. The van der Waals surface area contributed by atoms with Crippen molar-refractivity contribution in [3.8, 4) is 33.8 Å². The van der Waals surface area contributed by atoms with E-state index in [1.807, 2.05) is 12.1 Å². The first-order chi connectivity index (χ1) is 22.8. The summed E-state index contributed by atoms with van der Waals surface area (Å²) in [5, 5.41) is 4.94. The van der Waals surface area contributed by atoms with Gasteiger partial charge in [-0.15, -0.1) is 0 Å². The molecule has 0 aliphatic heterocycles. The molecule has 0 aliphatic carbocycles. The minimum Gasteiger partial charge on any atom is -0.309 e. The van der Waals surface area contributed by atoms with E-state index in [9.17, 15) is 0 Å². The molecule has 4 heteroatoms. The van der Waals surface area contributed by atoms with Gasteiger partial charge in [-0.05, 0) is 71.8 Å². The van der Waals surface area contributed by atoms with E-state index in [2.05, 4.69) is 158 Å². The zero-order valence-corrected chi connectivity index (χ0v) is 24.8. The summed E-state index contributed by atoms with van der Waals surface area (Å²) in [6.45, 7) is 7.21. The molecule has 0 atom stereocenters. The van der Waals surface area contributed by atoms with Gasteiger partial charge in [-0.2, -0.15) is 0 Å². The summed E-state index contributed by atoms with van der Waals surface area (Å²) in [7, 11) is 0. The lowest BCUT2D eigenvalue weighted by atomic mass is 10.0. The highest BCUT2D eigenvalue weighted by Gasteiger charge is 2.16. The van der Waals surface area contributed by atoms with Gasteiger partial charge in [-0.3, -0.25) is 4.98 Å². The van der Waals surface area contributed by atoms with Gasteiger partial charge < -0.3 is 9.13 Å². The fraction of sp³-hybridized carbons (Fsp3) is 0. The molecule has 0 fully saturated rings. The predicted octanol–water partition coefficient (Wildman–Crippen LogP) is 11.2. The quantitative estimate of drug-likeness (QED) is 0.189. The molecule has 6 aromatic carbocycles. The topological polar surface area (TPSA) is 27.1 Å². The van der Waals surface area contributed by atoms with Crippen LogP contribution in [0.25, 0.3) is 82.2 Å². The van der Waals surface area contributed by atoms with E-state index in [0.29, 0.717) is 5.69 Å². The van der Waals surface area contributed by atoms with Crippen molar-refractivity contribution < 1.29 is 0 Å². The second-order valence-corrected chi connectivity index (χ2v) is 11.6. The van der Waals surface area contributed by atoms with Gasteiger partial charge in [-0.1, -0.05) is 91.0 Å². The fourth-order valence-corrected chi connectivity index (χ4v) is 6.84. The molecular formula is C42H26N4. The lowest BCUT2D eigenvalue weighted by Gasteiger charge is -2.11. The average Bonchev–Trinajstić information content (AvgIpc) is 3.64. The van der Waals surface area contributed by atoms with Crippen molar-refractivity contribution in [1.82, 2.24) is 14.1 Å². The third-order valence-electron chi connectivity index (χ3n) is 8.99. The van der Waals surface area contributed by atoms with Crippen LogP contribution in [0.5, 0.6) is 0 Å². The molecule has 4 nitrogen and oxygen atoms in total. The van der Waals surface area contributed by atoms with Crippen LogP contribution in [0, 0.1) is 6.57 Å². The minimum atomic E-state index is 0.544. The summed E-state index contributed by atoms with van der Waals surface area (Å²) in [5.74, 6) is 0. The van der Waals surface area contributed by atoms with E-state index in [4.69, 9.17) is 6.57 Å². The summed E-state index contributed by atoms with van der Waals surface area (Å²) in [6.07, 6.45) is 1.63. The molecule has 0 unspecified atom stereocenters. The van der Waals surface area contributed by atoms with E-state index in [1.54, 1.807) is 6.20 Å². The van der Waals surface area contributed by atoms with Crippen LogP contribution in [0.15, 0.2) is 158 Å². The van der Waals surface area contributed by atoms with Crippen LogP contribution in [0.1, 0.15) is 0 Å². The summed E-state index contributed by atoms with van der Waals surface area (Å²) in [6, 6.07) is 53.8. The standard InChI is InChI=1S/C42H26N4/c1-43-31-19-23-38(44-27-31)28-15-20-33(21-16-28)46-39-13-7-5-11-34(39)36-22-17-30(26-42(36)46)29-18-24-41-37(25-29)35-12-6-8-14-40(35)45(41)32-9-3-2-4-10-32/h2-27H. The minimum absolute atomic E-state index is 0.544. The zero-order valence-electron chi connectivity index (χ0n) is 24.8. The maximum Gasteiger partial charge on any atom is 0.205 e. The average molecular weight is 587 g/mol. The van der Waals surface area contributed by atoms with E-state index < -0.39 is 0 Å². The highest BCUT2D eigenvalue weighted by atomic mass is 15.0. The molecule has 46 heavy (non-hydrogen) atoms. The lowest BCUT2D eigenvalue weighted by Crippen LogP contribution is -1.94. The SMILES string of the molecule is [C-]#[N+]c1ccc(-c2ccc(-n3c4ccccc4c4ccc(-c5ccc6c(c5)c5ccccc5n6-c5ccccc5)cc43)cc2)nc1. The van der Waals surface area contributed by atoms with Crippen molar-refractivity contribution in [2.24, 2.45) is 0 Å². The Bertz CT molecular complexity index is 2620. The summed E-state index contributed by atoms with van der Waals surface area (Å²) in [5.41, 5.74) is 11.8. The molecule has 3 heterocycles. The molecule has 0 spiro atoms. The van der Waals surface area contributed by atoms with E-state index in [0.717, 1.165) is 28.1 Å². The van der Waals surface area contributed by atoms with Gasteiger partial charge in [0.15, 0.2) is 0 Å². The van der Waals surface area contributed by atoms with E-state index in [1.165, 1.54) is 49.2 Å². The largest absolute Gasteiger partial charge is 0.309 e. The van der Waals surface area contributed by atoms with Crippen LogP contribution >= 0.6 is 0 Å². The second kappa shape index (κ2) is 10.3. The van der Waals surface area contributed by atoms with Crippen molar-refractivity contribution in [2.45, 2.75) is 0 Å². The number of fused-ring (bicyclic) bond motifs is 6. The first-order valence-corrected chi connectivity index (χ1v) is 15.3. The Hall–Kier alpha value is -6.44. The number of hydrogen-bond acceptors (Lipinski definition) is 1. The number of aromatic nitrogens is 3. The van der Waals surface area contributed by atoms with Crippen LogP contribution in [-0.2, 0) is 0 Å². The zero-order chi connectivity index (χ0) is 30.6. The first-order valence-electron chi connectivity index (χ1n) is 15.3. The van der Waals surface area contributed by atoms with Gasteiger partial charge in [0.25, 0.3) is 0 Å². The van der Waals surface area contributed by atoms with Crippen LogP contribution < -0.4 is 0 Å². The molecule has 3 aromatic heterocycles. The Labute approximate surface area is 265 Å². The summed E-state index contributed by atoms with van der Waals surface area (Å²) >= 11 is 0. The van der Waals surface area contributed by atoms with Crippen molar-refractivity contribution in [3.05, 3.63) is 169 Å². The Morgan fingerprint density at radius 1 is 0.435 bits per heavy atom. The monoisotopic (exact) mass is 586 g/mol. The molecule has 0 aliphatic rings. The van der Waals surface area contributed by atoms with Crippen LogP contribution in [0.2, 0.25) is 0 Å².